The van der Waals surface area contributed by atoms with Crippen molar-refractivity contribution in [3.8, 4) is 12.3 Å². The van der Waals surface area contributed by atoms with Crippen LogP contribution >= 0.6 is 0 Å². The SMILES string of the molecule is C#CCN(CC(=O)O)C(=O)c1n[nH]c(C(C)(C)C)n1. The minimum Gasteiger partial charge on any atom is -0.480 e. The second kappa shape index (κ2) is 5.52. The standard InChI is InChI=1S/C12H16N4O3/c1-5-6-16(7-8(17)18)10(19)9-13-11(15-14-9)12(2,3)4/h1H,6-7H2,2-4H3,(H,17,18)(H,13,14,15). The molecule has 0 aliphatic heterocycles. The summed E-state index contributed by atoms with van der Waals surface area (Å²) in [5, 5.41) is 15.2. The molecule has 0 aromatic carbocycles. The van der Waals surface area contributed by atoms with E-state index in [4.69, 9.17) is 11.5 Å². The monoisotopic (exact) mass is 264 g/mol. The molecule has 19 heavy (non-hydrogen) atoms. The lowest BCUT2D eigenvalue weighted by molar-refractivity contribution is -0.137. The van der Waals surface area contributed by atoms with Gasteiger partial charge in [-0.15, -0.1) is 11.5 Å². The Morgan fingerprint density at radius 2 is 2.11 bits per heavy atom. The maximum Gasteiger partial charge on any atom is 0.323 e. The molecule has 1 aromatic rings. The Labute approximate surface area is 111 Å². The van der Waals surface area contributed by atoms with Crippen molar-refractivity contribution < 1.29 is 14.7 Å². The quantitative estimate of drug-likeness (QED) is 0.760. The molecule has 0 atom stereocenters. The van der Waals surface area contributed by atoms with E-state index in [-0.39, 0.29) is 17.8 Å². The Kier molecular flexibility index (Phi) is 4.27. The maximum atomic E-state index is 12.0. The number of nitrogens with zero attached hydrogens (tertiary/aromatic N) is 3. The molecule has 0 saturated heterocycles. The Hall–Kier alpha value is -2.36. The lowest BCUT2D eigenvalue weighted by Crippen LogP contribution is -2.36. The van der Waals surface area contributed by atoms with Crippen LogP contribution in [0.2, 0.25) is 0 Å². The first kappa shape index (κ1) is 14.7. The summed E-state index contributed by atoms with van der Waals surface area (Å²) < 4.78 is 0. The van der Waals surface area contributed by atoms with E-state index < -0.39 is 18.4 Å². The Balaban J connectivity index is 2.94. The van der Waals surface area contributed by atoms with Crippen molar-refractivity contribution in [1.82, 2.24) is 20.1 Å². The van der Waals surface area contributed by atoms with E-state index in [1.54, 1.807) is 0 Å². The first-order valence-electron chi connectivity index (χ1n) is 5.63. The van der Waals surface area contributed by atoms with Gasteiger partial charge in [-0.05, 0) is 0 Å². The lowest BCUT2D eigenvalue weighted by atomic mass is 9.96. The fourth-order valence-corrected chi connectivity index (χ4v) is 1.31. The Bertz CT molecular complexity index is 522. The van der Waals surface area contributed by atoms with Gasteiger partial charge in [0.05, 0.1) is 6.54 Å². The zero-order valence-corrected chi connectivity index (χ0v) is 11.1. The fourth-order valence-electron chi connectivity index (χ4n) is 1.31. The van der Waals surface area contributed by atoms with E-state index in [1.807, 2.05) is 20.8 Å². The highest BCUT2D eigenvalue weighted by atomic mass is 16.4. The summed E-state index contributed by atoms with van der Waals surface area (Å²) in [4.78, 5) is 27.8. The molecule has 0 radical (unpaired) electrons. The third-order valence-electron chi connectivity index (χ3n) is 2.28. The predicted octanol–water partition coefficient (Wildman–Crippen LogP) is 0.262. The highest BCUT2D eigenvalue weighted by molar-refractivity contribution is 5.92. The van der Waals surface area contributed by atoms with Gasteiger partial charge in [-0.2, -0.15) is 0 Å². The van der Waals surface area contributed by atoms with Gasteiger partial charge in [0.2, 0.25) is 5.82 Å². The minimum absolute atomic E-state index is 0.0820. The number of terminal acetylenes is 1. The number of nitrogens with one attached hydrogen (secondary N) is 1. The second-order valence-corrected chi connectivity index (χ2v) is 5.02. The largest absolute Gasteiger partial charge is 0.480 e. The minimum atomic E-state index is -1.14. The first-order valence-corrected chi connectivity index (χ1v) is 5.63. The molecule has 0 aliphatic rings. The van der Waals surface area contributed by atoms with Gasteiger partial charge in [0.25, 0.3) is 5.91 Å². The summed E-state index contributed by atoms with van der Waals surface area (Å²) in [6.45, 7) is 5.15. The second-order valence-electron chi connectivity index (χ2n) is 5.02. The molecule has 0 unspecified atom stereocenters. The normalized spacial score (nSPS) is 10.8. The molecule has 7 nitrogen and oxygen atoms in total. The summed E-state index contributed by atoms with van der Waals surface area (Å²) in [7, 11) is 0. The smallest absolute Gasteiger partial charge is 0.323 e. The van der Waals surface area contributed by atoms with E-state index >= 15 is 0 Å². The molecule has 0 aliphatic carbocycles. The highest BCUT2D eigenvalue weighted by Gasteiger charge is 2.25. The maximum absolute atomic E-state index is 12.0. The number of carbonyl (C=O) groups excluding carboxylic acids is 1. The van der Waals surface area contributed by atoms with Crippen molar-refractivity contribution in [2.24, 2.45) is 0 Å². The van der Waals surface area contributed by atoms with Gasteiger partial charge in [0, 0.05) is 5.41 Å². The number of aromatic nitrogens is 3. The predicted molar refractivity (Wildman–Crippen MR) is 67.5 cm³/mol. The molecule has 0 saturated carbocycles. The van der Waals surface area contributed by atoms with Crippen LogP contribution in [0.4, 0.5) is 0 Å². The van der Waals surface area contributed by atoms with Crippen molar-refractivity contribution in [2.75, 3.05) is 13.1 Å². The average molecular weight is 264 g/mol. The van der Waals surface area contributed by atoms with Crippen molar-refractivity contribution in [1.29, 1.82) is 0 Å². The van der Waals surface area contributed by atoms with E-state index in [0.717, 1.165) is 4.90 Å². The van der Waals surface area contributed by atoms with Crippen LogP contribution in [0.1, 0.15) is 37.2 Å². The first-order chi connectivity index (χ1) is 8.75. The van der Waals surface area contributed by atoms with Crippen LogP contribution in [0.25, 0.3) is 0 Å². The van der Waals surface area contributed by atoms with E-state index in [0.29, 0.717) is 5.82 Å². The molecule has 1 heterocycles. The van der Waals surface area contributed by atoms with Crippen molar-refractivity contribution in [3.63, 3.8) is 0 Å². The van der Waals surface area contributed by atoms with Crippen molar-refractivity contribution in [2.45, 2.75) is 26.2 Å². The van der Waals surface area contributed by atoms with Gasteiger partial charge in [-0.3, -0.25) is 14.7 Å². The summed E-state index contributed by atoms with van der Waals surface area (Å²) in [5.74, 6) is 0.955. The molecular formula is C12H16N4O3. The molecule has 1 rings (SSSR count). The Morgan fingerprint density at radius 1 is 1.47 bits per heavy atom. The number of amides is 1. The summed E-state index contributed by atoms with van der Waals surface area (Å²) in [5.41, 5.74) is -0.282. The number of hydrogen-bond donors (Lipinski definition) is 2. The average Bonchev–Trinajstić information content (AvgIpc) is 2.75. The van der Waals surface area contributed by atoms with Crippen LogP contribution in [0.5, 0.6) is 0 Å². The van der Waals surface area contributed by atoms with Crippen LogP contribution in [0.15, 0.2) is 0 Å². The van der Waals surface area contributed by atoms with Crippen LogP contribution in [0, 0.1) is 12.3 Å². The molecular weight excluding hydrogens is 248 g/mol. The number of rotatable bonds is 4. The Morgan fingerprint density at radius 3 is 2.53 bits per heavy atom. The molecule has 1 aromatic heterocycles. The zero-order chi connectivity index (χ0) is 14.6. The van der Waals surface area contributed by atoms with Crippen LogP contribution < -0.4 is 0 Å². The van der Waals surface area contributed by atoms with Gasteiger partial charge in [-0.25, -0.2) is 4.98 Å². The number of aromatic amines is 1. The number of aliphatic carboxylic acids is 1. The van der Waals surface area contributed by atoms with Crippen molar-refractivity contribution >= 4 is 11.9 Å². The third-order valence-corrected chi connectivity index (χ3v) is 2.28. The topological polar surface area (TPSA) is 99.2 Å². The van der Waals surface area contributed by atoms with Crippen LogP contribution in [-0.2, 0) is 10.2 Å². The number of H-pyrrole nitrogens is 1. The molecule has 0 spiro atoms. The van der Waals surface area contributed by atoms with Gasteiger partial charge in [0.15, 0.2) is 0 Å². The van der Waals surface area contributed by atoms with E-state index in [1.165, 1.54) is 0 Å². The number of carbonyl (C=O) groups is 2. The molecule has 2 N–H and O–H groups in total. The number of hydrogen-bond acceptors (Lipinski definition) is 4. The summed E-state index contributed by atoms with van der Waals surface area (Å²) >= 11 is 0. The number of carboxylic acid groups (broad SMARTS) is 1. The fraction of sp³-hybridized carbons (Fsp3) is 0.500. The van der Waals surface area contributed by atoms with Gasteiger partial charge in [0.1, 0.15) is 12.4 Å². The van der Waals surface area contributed by atoms with Crippen LogP contribution in [0.3, 0.4) is 0 Å². The molecule has 0 fully saturated rings. The molecule has 1 amide bonds. The summed E-state index contributed by atoms with van der Waals surface area (Å²) in [6.07, 6.45) is 5.11. The number of carboxylic acids is 1. The van der Waals surface area contributed by atoms with Crippen molar-refractivity contribution in [3.05, 3.63) is 11.6 Å². The molecule has 0 bridgehead atoms. The van der Waals surface area contributed by atoms with Crippen LogP contribution in [-0.4, -0.2) is 50.2 Å². The van der Waals surface area contributed by atoms with Gasteiger partial charge < -0.3 is 10.0 Å². The summed E-state index contributed by atoms with van der Waals surface area (Å²) in [6, 6.07) is 0. The molecule has 7 heteroatoms. The highest BCUT2D eigenvalue weighted by Crippen LogP contribution is 2.17. The lowest BCUT2D eigenvalue weighted by Gasteiger charge is -2.16. The van der Waals surface area contributed by atoms with Gasteiger partial charge >= 0.3 is 5.97 Å². The van der Waals surface area contributed by atoms with E-state index in [2.05, 4.69) is 21.1 Å². The zero-order valence-electron chi connectivity index (χ0n) is 11.1. The molecule has 102 valence electrons. The third kappa shape index (κ3) is 3.81. The van der Waals surface area contributed by atoms with Gasteiger partial charge in [-0.1, -0.05) is 26.7 Å². The van der Waals surface area contributed by atoms with E-state index in [9.17, 15) is 9.59 Å².